The molecule has 11 heteroatoms. The third-order valence-corrected chi connectivity index (χ3v) is 7.48. The van der Waals surface area contributed by atoms with Crippen molar-refractivity contribution in [1.29, 1.82) is 0 Å². The number of halogens is 3. The van der Waals surface area contributed by atoms with Gasteiger partial charge in [-0.05, 0) is 56.5 Å². The van der Waals surface area contributed by atoms with E-state index in [1.54, 1.807) is 24.5 Å². The van der Waals surface area contributed by atoms with E-state index in [0.717, 1.165) is 63.2 Å². The zero-order valence-electron chi connectivity index (χ0n) is 21.7. The number of carbonyl (C=O) groups is 1. The van der Waals surface area contributed by atoms with E-state index >= 15 is 0 Å². The van der Waals surface area contributed by atoms with Crippen LogP contribution in [0.1, 0.15) is 54.6 Å². The highest BCUT2D eigenvalue weighted by Crippen LogP contribution is 2.35. The number of methoxy groups -OCH3 is 1. The van der Waals surface area contributed by atoms with Gasteiger partial charge in [0, 0.05) is 24.2 Å². The lowest BCUT2D eigenvalue weighted by atomic mass is 9.87. The summed E-state index contributed by atoms with van der Waals surface area (Å²) in [7, 11) is 1.33. The lowest BCUT2D eigenvalue weighted by Crippen LogP contribution is -2.57. The summed E-state index contributed by atoms with van der Waals surface area (Å²) in [4.78, 5) is 22.6. The highest BCUT2D eigenvalue weighted by atomic mass is 19.4. The molecular formula is C28H32F3N5O3. The van der Waals surface area contributed by atoms with E-state index in [1.165, 1.54) is 19.4 Å². The Morgan fingerprint density at radius 1 is 1.15 bits per heavy atom. The minimum atomic E-state index is -4.48. The van der Waals surface area contributed by atoms with Crippen molar-refractivity contribution in [1.82, 2.24) is 15.3 Å². The third-order valence-electron chi connectivity index (χ3n) is 7.48. The van der Waals surface area contributed by atoms with Gasteiger partial charge in [-0.2, -0.15) is 18.2 Å². The molecule has 2 N–H and O–H groups in total. The molecule has 8 nitrogen and oxygen atoms in total. The first kappa shape index (κ1) is 27.0. The fourth-order valence-corrected chi connectivity index (χ4v) is 5.62. The van der Waals surface area contributed by atoms with Crippen molar-refractivity contribution < 1.29 is 27.1 Å². The van der Waals surface area contributed by atoms with E-state index in [2.05, 4.69) is 25.5 Å². The summed E-state index contributed by atoms with van der Waals surface area (Å²) in [6.45, 7) is 1.68. The molecule has 0 unspecified atom stereocenters. The smallest absolute Gasteiger partial charge is 0.433 e. The summed E-state index contributed by atoms with van der Waals surface area (Å²) in [6, 6.07) is 10.0. The van der Waals surface area contributed by atoms with Crippen LogP contribution < -0.4 is 15.5 Å². The molecule has 1 aliphatic heterocycles. The zero-order valence-corrected chi connectivity index (χ0v) is 21.7. The minimum absolute atomic E-state index is 0.0141. The quantitative estimate of drug-likeness (QED) is 0.376. The minimum Gasteiger partial charge on any atom is -0.465 e. The van der Waals surface area contributed by atoms with Crippen molar-refractivity contribution in [2.75, 3.05) is 30.4 Å². The summed E-state index contributed by atoms with van der Waals surface area (Å²) >= 11 is 0. The third kappa shape index (κ3) is 6.19. The topological polar surface area (TPSA) is 92.5 Å². The maximum atomic E-state index is 13.2. The molecule has 39 heavy (non-hydrogen) atoms. The molecule has 1 saturated carbocycles. The Balaban J connectivity index is 1.39. The molecule has 0 spiro atoms. The lowest BCUT2D eigenvalue weighted by molar-refractivity contribution is -0.141. The standard InChI is InChI=1S/C28H32F3N5O3/c1-38-26(37)19-7-4-6-18(14-19)23-17-39-27(35-23)34-22-9-2-3-10-24(22)36(20-8-5-13-32-15-20)21-11-12-25(33-16-21)28(29,30)31/h4,6-7,11-12,14,16-17,20,22,24,32H,2-3,5,8-10,13,15H2,1H3,(H,34,35)/t20-,22+,24+/m0/s1. The first-order valence-corrected chi connectivity index (χ1v) is 13.3. The van der Waals surface area contributed by atoms with Crippen molar-refractivity contribution >= 4 is 17.7 Å². The second-order valence-electron chi connectivity index (χ2n) is 10.0. The van der Waals surface area contributed by atoms with Crippen molar-refractivity contribution in [3.05, 3.63) is 60.1 Å². The number of nitrogens with one attached hydrogen (secondary N) is 2. The number of aromatic nitrogens is 2. The molecule has 5 rings (SSSR count). The van der Waals surface area contributed by atoms with Gasteiger partial charge in [-0.25, -0.2) is 9.78 Å². The van der Waals surface area contributed by atoms with Crippen LogP contribution in [0.25, 0.3) is 11.3 Å². The number of oxazole rings is 1. The molecule has 2 aromatic heterocycles. The number of anilines is 2. The van der Waals surface area contributed by atoms with Crippen LogP contribution in [-0.4, -0.2) is 54.3 Å². The Hall–Kier alpha value is -3.60. The van der Waals surface area contributed by atoms with E-state index in [0.29, 0.717) is 23.0 Å². The number of pyridine rings is 1. The molecule has 0 amide bonds. The van der Waals surface area contributed by atoms with Gasteiger partial charge in [-0.3, -0.25) is 0 Å². The van der Waals surface area contributed by atoms with Crippen molar-refractivity contribution in [2.24, 2.45) is 0 Å². The van der Waals surface area contributed by atoms with Crippen molar-refractivity contribution in [2.45, 2.75) is 62.8 Å². The van der Waals surface area contributed by atoms with Gasteiger partial charge < -0.3 is 24.7 Å². The molecular weight excluding hydrogens is 511 g/mol. The van der Waals surface area contributed by atoms with Crippen molar-refractivity contribution in [3.63, 3.8) is 0 Å². The average Bonchev–Trinajstić information content (AvgIpc) is 3.43. The van der Waals surface area contributed by atoms with Crippen LogP contribution >= 0.6 is 0 Å². The summed E-state index contributed by atoms with van der Waals surface area (Å²) in [5.74, 6) is -0.432. The Morgan fingerprint density at radius 2 is 2.00 bits per heavy atom. The number of carbonyl (C=O) groups excluding carboxylic acids is 1. The molecule has 0 bridgehead atoms. The number of ether oxygens (including phenoxy) is 1. The second-order valence-corrected chi connectivity index (χ2v) is 10.0. The predicted octanol–water partition coefficient (Wildman–Crippen LogP) is 5.52. The molecule has 1 saturated heterocycles. The van der Waals surface area contributed by atoms with E-state index in [4.69, 9.17) is 9.15 Å². The number of hydrogen-bond acceptors (Lipinski definition) is 8. The van der Waals surface area contributed by atoms with Gasteiger partial charge in [0.05, 0.1) is 30.6 Å². The highest BCUT2D eigenvalue weighted by molar-refractivity contribution is 5.90. The van der Waals surface area contributed by atoms with E-state index < -0.39 is 17.8 Å². The molecule has 3 atom stereocenters. The van der Waals surface area contributed by atoms with Crippen LogP contribution in [0.15, 0.2) is 53.3 Å². The Bertz CT molecular complexity index is 1260. The number of rotatable bonds is 7. The molecule has 2 aliphatic rings. The molecule has 1 aromatic carbocycles. The van der Waals surface area contributed by atoms with Gasteiger partial charge in [0.15, 0.2) is 0 Å². The highest BCUT2D eigenvalue weighted by Gasteiger charge is 2.37. The second kappa shape index (κ2) is 11.6. The fourth-order valence-electron chi connectivity index (χ4n) is 5.62. The average molecular weight is 544 g/mol. The van der Waals surface area contributed by atoms with Gasteiger partial charge in [0.1, 0.15) is 17.7 Å². The Kier molecular flexibility index (Phi) is 8.06. The largest absolute Gasteiger partial charge is 0.465 e. The molecule has 0 radical (unpaired) electrons. The van der Waals surface area contributed by atoms with Crippen LogP contribution in [0, 0.1) is 0 Å². The zero-order chi connectivity index (χ0) is 27.4. The number of benzene rings is 1. The molecule has 2 fully saturated rings. The SMILES string of the molecule is COC(=O)c1cccc(-c2coc(N[C@@H]3CCCC[C@H]3N(c3ccc(C(F)(F)F)nc3)[C@H]3CCCNC3)n2)c1. The van der Waals surface area contributed by atoms with E-state index in [9.17, 15) is 18.0 Å². The molecule has 3 heterocycles. The molecule has 1 aliphatic carbocycles. The first-order chi connectivity index (χ1) is 18.8. The van der Waals surface area contributed by atoms with Crippen molar-refractivity contribution in [3.8, 4) is 11.3 Å². The maximum Gasteiger partial charge on any atom is 0.433 e. The van der Waals surface area contributed by atoms with E-state index in [-0.39, 0.29) is 18.1 Å². The molecule has 3 aromatic rings. The van der Waals surface area contributed by atoms with Crippen LogP contribution in [0.2, 0.25) is 0 Å². The van der Waals surface area contributed by atoms with Crippen LogP contribution in [0.5, 0.6) is 0 Å². The van der Waals surface area contributed by atoms with Gasteiger partial charge >= 0.3 is 12.1 Å². The number of alkyl halides is 3. The maximum absolute atomic E-state index is 13.2. The number of hydrogen-bond donors (Lipinski definition) is 2. The predicted molar refractivity (Wildman–Crippen MR) is 141 cm³/mol. The summed E-state index contributed by atoms with van der Waals surface area (Å²) < 4.78 is 50.2. The van der Waals surface area contributed by atoms with E-state index in [1.807, 2.05) is 6.07 Å². The summed E-state index contributed by atoms with van der Waals surface area (Å²) in [5.41, 5.74) is 1.51. The van der Waals surface area contributed by atoms with Gasteiger partial charge in [-0.1, -0.05) is 25.0 Å². The van der Waals surface area contributed by atoms with Gasteiger partial charge in [0.25, 0.3) is 6.01 Å². The van der Waals surface area contributed by atoms with Crippen LogP contribution in [0.3, 0.4) is 0 Å². The lowest BCUT2D eigenvalue weighted by Gasteiger charge is -2.46. The Morgan fingerprint density at radius 3 is 2.72 bits per heavy atom. The monoisotopic (exact) mass is 543 g/mol. The number of nitrogens with zero attached hydrogens (tertiary/aromatic N) is 3. The first-order valence-electron chi connectivity index (χ1n) is 13.3. The van der Waals surface area contributed by atoms with Gasteiger partial charge in [0.2, 0.25) is 0 Å². The summed E-state index contributed by atoms with van der Waals surface area (Å²) in [5, 5.41) is 6.90. The number of piperidine rings is 1. The Labute approximate surface area is 225 Å². The summed E-state index contributed by atoms with van der Waals surface area (Å²) in [6.07, 6.45) is 4.12. The van der Waals surface area contributed by atoms with Crippen LogP contribution in [0.4, 0.5) is 24.9 Å². The number of esters is 1. The van der Waals surface area contributed by atoms with Crippen LogP contribution in [-0.2, 0) is 10.9 Å². The molecule has 208 valence electrons. The normalized spacial score (nSPS) is 21.8. The fraction of sp³-hybridized carbons (Fsp3) is 0.464. The van der Waals surface area contributed by atoms with Gasteiger partial charge in [-0.15, -0.1) is 0 Å².